The largest absolute Gasteiger partial charge is 0.506 e. The number of amides is 6. The highest BCUT2D eigenvalue weighted by molar-refractivity contribution is 8.14. The maximum absolute atomic E-state index is 14.5. The van der Waals surface area contributed by atoms with E-state index in [1.54, 1.807) is 53.9 Å². The highest BCUT2D eigenvalue weighted by Crippen LogP contribution is 2.41. The molecule has 0 aromatic heterocycles. The van der Waals surface area contributed by atoms with E-state index in [0.717, 1.165) is 41.7 Å². The normalized spacial score (nSPS) is 14.9. The van der Waals surface area contributed by atoms with E-state index >= 15 is 0 Å². The number of hydrogen-bond acceptors (Lipinski definition) is 12. The molecule has 6 amide bonds. The number of thioether (sulfide) groups is 2. The lowest BCUT2D eigenvalue weighted by Crippen LogP contribution is -2.42. The van der Waals surface area contributed by atoms with Gasteiger partial charge in [-0.3, -0.25) is 24.0 Å². The fraction of sp³-hybridized carbons (Fsp3) is 0.483. The molecule has 0 radical (unpaired) electrons. The van der Waals surface area contributed by atoms with Crippen LogP contribution in [0.3, 0.4) is 0 Å². The van der Waals surface area contributed by atoms with Crippen LogP contribution in [0.25, 0.3) is 0 Å². The highest BCUT2D eigenvalue weighted by atomic mass is 35.5. The molecule has 0 bridgehead atoms. The van der Waals surface area contributed by atoms with Gasteiger partial charge in [-0.2, -0.15) is 39.5 Å². The fourth-order valence-corrected chi connectivity index (χ4v) is 12.8. The molecular formula is C60H64Cl4F13N7O9S3. The number of phenols is 1. The summed E-state index contributed by atoms with van der Waals surface area (Å²) in [6.07, 6.45) is -15.0. The van der Waals surface area contributed by atoms with Crippen LogP contribution in [0.1, 0.15) is 65.3 Å². The highest BCUT2D eigenvalue weighted by Gasteiger charge is 2.45. The number of nitrogens with zero attached hydrogens (tertiary/aromatic N) is 7. The van der Waals surface area contributed by atoms with Gasteiger partial charge in [-0.05, 0) is 166 Å². The summed E-state index contributed by atoms with van der Waals surface area (Å²) in [4.78, 5) is 79.1. The fourth-order valence-electron chi connectivity index (χ4n) is 9.85. The predicted molar refractivity (Wildman–Crippen MR) is 339 cm³/mol. The zero-order valence-electron chi connectivity index (χ0n) is 52.6. The monoisotopic (exact) mass is 1510 g/mol. The first-order chi connectivity index (χ1) is 44.2. The minimum Gasteiger partial charge on any atom is -0.506 e. The van der Waals surface area contributed by atoms with Crippen molar-refractivity contribution in [2.45, 2.75) is 106 Å². The molecule has 4 aromatic rings. The first-order valence-electron chi connectivity index (χ1n) is 28.7. The average molecular weight is 1510 g/mol. The summed E-state index contributed by atoms with van der Waals surface area (Å²) in [7, 11) is 9.65. The van der Waals surface area contributed by atoms with Crippen LogP contribution in [-0.2, 0) is 70.5 Å². The van der Waals surface area contributed by atoms with Crippen molar-refractivity contribution in [1.29, 1.82) is 0 Å². The van der Waals surface area contributed by atoms with Gasteiger partial charge in [0.2, 0.25) is 0 Å². The van der Waals surface area contributed by atoms with E-state index in [0.29, 0.717) is 72.7 Å². The standard InChI is InChI=1S/C18H24ClFN2O3S.2C15H15ClF4N2O2S.C12H10ClF4NO2/c1-18(2,3)25-16(23)22-8-6-11-12(7-9-22)15(13(19)10-14(11)20)26-17(24)21(4)5;1-21(2)14(24)25-12-9-4-6-22(13(23)15(18,19)20)5-3-8(9)11(17)7-10(12)16;1-21(2)14(25)24-12-9-4-6-22(13(23)15(18,19)20)5-3-8(9)11(17)7-10(12)16;13-8-5-9(14)6-1-3-18(11(20)12(15,16)17)4-2-7(6)10(8)19/h10H,6-9H2,1-5H3;2*7H,3-6H2,1-2H3;5,19H,1-4H2. The molecule has 4 aromatic carbocycles. The molecule has 36 heteroatoms. The zero-order chi connectivity index (χ0) is 72.6. The van der Waals surface area contributed by atoms with Gasteiger partial charge in [-0.1, -0.05) is 46.4 Å². The number of alkyl halides is 9. The van der Waals surface area contributed by atoms with E-state index in [1.165, 1.54) is 34.9 Å². The summed E-state index contributed by atoms with van der Waals surface area (Å²) < 4.78 is 181. The number of phenolic OH excluding ortho intramolecular Hbond substituents is 1. The van der Waals surface area contributed by atoms with E-state index in [4.69, 9.17) is 68.1 Å². The number of thiocarbonyl (C=S) groups is 1. The lowest BCUT2D eigenvalue weighted by atomic mass is 10.0. The van der Waals surface area contributed by atoms with Crippen molar-refractivity contribution in [3.05, 3.63) is 112 Å². The molecular weight excluding hydrogens is 1450 g/mol. The second-order valence-electron chi connectivity index (χ2n) is 23.1. The maximum atomic E-state index is 14.5. The van der Waals surface area contributed by atoms with Gasteiger partial charge in [0.15, 0.2) is 5.75 Å². The number of carbonyl (C=O) groups is 6. The minimum atomic E-state index is -4.98. The van der Waals surface area contributed by atoms with E-state index < -0.39 is 71.2 Å². The quantitative estimate of drug-likeness (QED) is 0.117. The van der Waals surface area contributed by atoms with Crippen LogP contribution < -0.4 is 4.74 Å². The number of ether oxygens (including phenoxy) is 2. The van der Waals surface area contributed by atoms with Crippen LogP contribution in [0.15, 0.2) is 34.1 Å². The van der Waals surface area contributed by atoms with Crippen LogP contribution in [0.5, 0.6) is 11.5 Å². The van der Waals surface area contributed by atoms with Crippen molar-refractivity contribution in [1.82, 2.24) is 34.3 Å². The lowest BCUT2D eigenvalue weighted by Gasteiger charge is -2.26. The van der Waals surface area contributed by atoms with Crippen molar-refractivity contribution >= 4 is 122 Å². The molecule has 0 spiro atoms. The molecule has 0 unspecified atom stereocenters. The van der Waals surface area contributed by atoms with Gasteiger partial charge < -0.3 is 48.9 Å². The molecule has 1 N–H and O–H groups in total. The first-order valence-corrected chi connectivity index (χ1v) is 32.2. The number of aromatic hydroxyl groups is 1. The second-order valence-corrected chi connectivity index (χ2v) is 27.1. The van der Waals surface area contributed by atoms with Gasteiger partial charge in [0, 0.05) is 116 Å². The van der Waals surface area contributed by atoms with Crippen molar-refractivity contribution in [2.24, 2.45) is 0 Å². The average Bonchev–Trinajstić information content (AvgIpc) is 1.44. The Labute approximate surface area is 577 Å². The molecule has 4 aliphatic rings. The Morgan fingerprint density at radius 1 is 0.448 bits per heavy atom. The first kappa shape index (κ1) is 80.6. The van der Waals surface area contributed by atoms with Gasteiger partial charge >= 0.3 is 42.3 Å². The third-order valence-electron chi connectivity index (χ3n) is 14.6. The van der Waals surface area contributed by atoms with Gasteiger partial charge in [0.1, 0.15) is 34.6 Å². The molecule has 8 rings (SSSR count). The Morgan fingerprint density at radius 3 is 1.05 bits per heavy atom. The van der Waals surface area contributed by atoms with Crippen molar-refractivity contribution < 1.29 is 100 Å². The summed E-state index contributed by atoms with van der Waals surface area (Å²) in [5.74, 6) is -8.49. The van der Waals surface area contributed by atoms with E-state index in [2.05, 4.69) is 0 Å². The topological polar surface area (TPSA) is 164 Å². The van der Waals surface area contributed by atoms with Crippen molar-refractivity contribution in [2.75, 3.05) is 94.6 Å². The number of carbonyl (C=O) groups excluding carboxylic acids is 6. The van der Waals surface area contributed by atoms with Gasteiger partial charge in [-0.25, -0.2) is 22.4 Å². The Kier molecular flexibility index (Phi) is 27.9. The summed E-state index contributed by atoms with van der Waals surface area (Å²) in [5.41, 5.74) is 1.94. The Balaban J connectivity index is 0.000000232. The predicted octanol–water partition coefficient (Wildman–Crippen LogP) is 14.2. The van der Waals surface area contributed by atoms with E-state index in [9.17, 15) is 90.9 Å². The molecule has 0 atom stereocenters. The van der Waals surface area contributed by atoms with Crippen LogP contribution in [0.2, 0.25) is 20.1 Å². The van der Waals surface area contributed by atoms with Crippen LogP contribution >= 0.6 is 82.1 Å². The molecule has 530 valence electrons. The van der Waals surface area contributed by atoms with Gasteiger partial charge in [0.25, 0.3) is 15.7 Å². The van der Waals surface area contributed by atoms with Gasteiger partial charge in [-0.15, -0.1) is 0 Å². The minimum absolute atomic E-state index is 0.0162. The van der Waals surface area contributed by atoms with E-state index in [-0.39, 0.29) is 147 Å². The van der Waals surface area contributed by atoms with E-state index in [1.807, 2.05) is 0 Å². The third-order valence-corrected chi connectivity index (χ3v) is 18.8. The van der Waals surface area contributed by atoms with Crippen LogP contribution in [-0.4, -0.2) is 198 Å². The number of fused-ring (bicyclic) bond motifs is 4. The van der Waals surface area contributed by atoms with Gasteiger partial charge in [0.05, 0.1) is 20.1 Å². The third kappa shape index (κ3) is 21.2. The molecule has 96 heavy (non-hydrogen) atoms. The Morgan fingerprint density at radius 2 is 0.729 bits per heavy atom. The smallest absolute Gasteiger partial charge is 0.471 e. The molecule has 0 saturated carbocycles. The number of halogens is 17. The zero-order valence-corrected chi connectivity index (χ0v) is 58.1. The Bertz CT molecular complexity index is 3500. The molecule has 0 fully saturated rings. The van der Waals surface area contributed by atoms with Crippen LogP contribution in [0.4, 0.5) is 71.5 Å². The number of rotatable bonds is 3. The lowest BCUT2D eigenvalue weighted by molar-refractivity contribution is -0.185. The van der Waals surface area contributed by atoms with Crippen LogP contribution in [0, 0.1) is 23.3 Å². The number of hydrogen-bond donors (Lipinski definition) is 1. The second kappa shape index (κ2) is 33.2. The molecule has 4 aliphatic heterocycles. The molecule has 0 saturated heterocycles. The van der Waals surface area contributed by atoms with Crippen molar-refractivity contribution in [3.63, 3.8) is 0 Å². The summed E-state index contributed by atoms with van der Waals surface area (Å²) >= 11 is 30.7. The Hall–Kier alpha value is -6.06. The number of benzene rings is 4. The van der Waals surface area contributed by atoms with Crippen molar-refractivity contribution in [3.8, 4) is 11.5 Å². The maximum Gasteiger partial charge on any atom is 0.471 e. The summed E-state index contributed by atoms with van der Waals surface area (Å²) in [6.45, 7) is 4.68. The SMILES string of the molecule is CN(C)C(=O)Sc1c(Cl)cc(F)c2c1CCN(C(=O)C(F)(F)F)CC2.CN(C)C(=O)Sc1c(Cl)cc(F)c2c1CCN(C(=O)OC(C)(C)C)CC2.CN(C)C(=S)Oc1c(Cl)cc(F)c2c1CCN(C(=O)C(F)(F)F)CC2.O=C(N1CCc2c(F)cc(Cl)c(O)c2CC1)C(F)(F)F. The molecule has 16 nitrogen and oxygen atoms in total. The summed E-state index contributed by atoms with van der Waals surface area (Å²) in [5, 5.41) is 9.30. The molecule has 4 heterocycles. The molecule has 0 aliphatic carbocycles. The summed E-state index contributed by atoms with van der Waals surface area (Å²) in [6, 6.07) is 4.24.